The summed E-state index contributed by atoms with van der Waals surface area (Å²) >= 11 is 0. The molecule has 8 heteroatoms. The molecule has 0 aliphatic heterocycles. The molecule has 0 saturated carbocycles. The van der Waals surface area contributed by atoms with E-state index in [1.54, 1.807) is 7.11 Å². The van der Waals surface area contributed by atoms with Crippen molar-refractivity contribution in [2.75, 3.05) is 40.1 Å². The second-order valence-electron chi connectivity index (χ2n) is 12.2. The molecule has 0 rings (SSSR count). The monoisotopic (exact) mass is 628 g/mol. The molecular formula is C36H69NO7. The third-order valence-electron chi connectivity index (χ3n) is 7.89. The number of rotatable bonds is 34. The fraction of sp³-hybridized carbons (Fsp3) is 0.917. The lowest BCUT2D eigenvalue weighted by molar-refractivity contribution is -0.149. The smallest absolute Gasteiger partial charge is 0.305 e. The summed E-state index contributed by atoms with van der Waals surface area (Å²) in [5.41, 5.74) is 0. The first-order valence-corrected chi connectivity index (χ1v) is 18.2. The van der Waals surface area contributed by atoms with E-state index in [0.717, 1.165) is 38.5 Å². The van der Waals surface area contributed by atoms with Gasteiger partial charge in [-0.15, -0.1) is 0 Å². The Bertz CT molecular complexity index is 616. The summed E-state index contributed by atoms with van der Waals surface area (Å²) in [6.45, 7) is 4.97. The highest BCUT2D eigenvalue weighted by Crippen LogP contribution is 2.13. The Morgan fingerprint density at radius 2 is 0.886 bits per heavy atom. The van der Waals surface area contributed by atoms with Crippen molar-refractivity contribution in [3.8, 4) is 0 Å². The molecular weight excluding hydrogens is 558 g/mol. The van der Waals surface area contributed by atoms with E-state index in [1.165, 1.54) is 103 Å². The molecule has 0 aliphatic carbocycles. The summed E-state index contributed by atoms with van der Waals surface area (Å²) in [7, 11) is 1.56. The lowest BCUT2D eigenvalue weighted by atomic mass is 10.1. The maximum atomic E-state index is 12.3. The molecule has 8 nitrogen and oxygen atoms in total. The van der Waals surface area contributed by atoms with Crippen molar-refractivity contribution in [1.29, 1.82) is 0 Å². The summed E-state index contributed by atoms with van der Waals surface area (Å²) < 4.78 is 21.1. The molecule has 0 aliphatic rings. The van der Waals surface area contributed by atoms with Crippen molar-refractivity contribution in [2.24, 2.45) is 0 Å². The van der Waals surface area contributed by atoms with Crippen LogP contribution in [0.5, 0.6) is 0 Å². The third kappa shape index (κ3) is 31.7. The molecule has 0 radical (unpaired) electrons. The van der Waals surface area contributed by atoms with Gasteiger partial charge in [0.05, 0.1) is 19.3 Å². The highest BCUT2D eigenvalue weighted by atomic mass is 16.5. The molecule has 0 fully saturated rings. The van der Waals surface area contributed by atoms with E-state index in [1.807, 2.05) is 0 Å². The minimum Gasteiger partial charge on any atom is -0.463 e. The fourth-order valence-corrected chi connectivity index (χ4v) is 5.11. The van der Waals surface area contributed by atoms with Gasteiger partial charge in [-0.2, -0.15) is 0 Å². The molecule has 44 heavy (non-hydrogen) atoms. The molecule has 0 saturated heterocycles. The van der Waals surface area contributed by atoms with Gasteiger partial charge in [-0.3, -0.25) is 14.4 Å². The molecule has 260 valence electrons. The minimum atomic E-state index is -0.615. The summed E-state index contributed by atoms with van der Waals surface area (Å²) in [5, 5.41) is 2.77. The zero-order chi connectivity index (χ0) is 32.4. The van der Waals surface area contributed by atoms with Crippen LogP contribution < -0.4 is 5.32 Å². The molecule has 0 atom stereocenters. The van der Waals surface area contributed by atoms with E-state index in [0.29, 0.717) is 26.1 Å². The van der Waals surface area contributed by atoms with Crippen LogP contribution >= 0.6 is 0 Å². The van der Waals surface area contributed by atoms with E-state index in [-0.39, 0.29) is 37.7 Å². The topological polar surface area (TPSA) is 100 Å². The lowest BCUT2D eigenvalue weighted by Crippen LogP contribution is -2.44. The second kappa shape index (κ2) is 34.2. The predicted molar refractivity (Wildman–Crippen MR) is 179 cm³/mol. The van der Waals surface area contributed by atoms with Crippen LogP contribution in [0.4, 0.5) is 0 Å². The van der Waals surface area contributed by atoms with Gasteiger partial charge in [-0.05, 0) is 12.8 Å². The van der Waals surface area contributed by atoms with Crippen LogP contribution in [-0.4, -0.2) is 64.0 Å². The third-order valence-corrected chi connectivity index (χ3v) is 7.89. The number of amides is 1. The molecule has 0 spiro atoms. The maximum absolute atomic E-state index is 12.3. The molecule has 1 N–H and O–H groups in total. The van der Waals surface area contributed by atoms with E-state index in [9.17, 15) is 14.4 Å². The fourth-order valence-electron chi connectivity index (χ4n) is 5.11. The Morgan fingerprint density at radius 3 is 1.25 bits per heavy atom. The maximum Gasteiger partial charge on any atom is 0.305 e. The zero-order valence-corrected chi connectivity index (χ0v) is 28.9. The van der Waals surface area contributed by atoms with Gasteiger partial charge >= 0.3 is 11.9 Å². The highest BCUT2D eigenvalue weighted by Gasteiger charge is 2.17. The molecule has 0 bridgehead atoms. The predicted octanol–water partition coefficient (Wildman–Crippen LogP) is 8.62. The van der Waals surface area contributed by atoms with E-state index in [2.05, 4.69) is 19.2 Å². The Kier molecular flexibility index (Phi) is 32.9. The molecule has 0 aromatic heterocycles. The van der Waals surface area contributed by atoms with Gasteiger partial charge < -0.3 is 24.3 Å². The van der Waals surface area contributed by atoms with Gasteiger partial charge in [0.25, 0.3) is 0 Å². The molecule has 0 aromatic rings. The van der Waals surface area contributed by atoms with Crippen molar-refractivity contribution >= 4 is 17.8 Å². The first-order chi connectivity index (χ1) is 21.5. The quantitative estimate of drug-likeness (QED) is 0.0563. The van der Waals surface area contributed by atoms with Gasteiger partial charge in [0, 0.05) is 20.0 Å². The number of hydrogen-bond acceptors (Lipinski definition) is 7. The van der Waals surface area contributed by atoms with E-state index >= 15 is 0 Å². The number of unbranched alkanes of at least 4 members (excludes halogenated alkanes) is 20. The normalized spacial score (nSPS) is 11.2. The average Bonchev–Trinajstić information content (AvgIpc) is 3.02. The van der Waals surface area contributed by atoms with Crippen LogP contribution in [-0.2, 0) is 33.3 Å². The van der Waals surface area contributed by atoms with Crippen molar-refractivity contribution in [1.82, 2.24) is 5.32 Å². The Balaban J connectivity index is 4.18. The van der Waals surface area contributed by atoms with E-state index in [4.69, 9.17) is 18.9 Å². The van der Waals surface area contributed by atoms with Gasteiger partial charge in [0.2, 0.25) is 5.91 Å². The number of esters is 2. The van der Waals surface area contributed by atoms with Crippen LogP contribution in [0.3, 0.4) is 0 Å². The average molecular weight is 628 g/mol. The Labute approximate surface area is 270 Å². The summed E-state index contributed by atoms with van der Waals surface area (Å²) in [4.78, 5) is 37.0. The number of nitrogens with one attached hydrogen (secondary N) is 1. The van der Waals surface area contributed by atoms with Crippen LogP contribution in [0.15, 0.2) is 0 Å². The standard InChI is InChI=1S/C36H69NO7/c1-4-6-8-10-12-14-16-18-20-22-24-26-35(39)43-30-33(37-34(38)32-42-29-28-41-3)31-44-36(40)27-25-23-21-19-17-15-13-11-9-7-5-2/h33H,4-32H2,1-3H3,(H,37,38). The van der Waals surface area contributed by atoms with Crippen LogP contribution in [0.25, 0.3) is 0 Å². The van der Waals surface area contributed by atoms with Gasteiger partial charge in [-0.25, -0.2) is 0 Å². The van der Waals surface area contributed by atoms with E-state index < -0.39 is 6.04 Å². The molecule has 1 amide bonds. The number of carbonyl (C=O) groups excluding carboxylic acids is 3. The van der Waals surface area contributed by atoms with Crippen LogP contribution in [0.1, 0.15) is 168 Å². The SMILES string of the molecule is CCCCCCCCCCCCCC(=O)OCC(COC(=O)CCCCCCCCCCCCC)NC(=O)COCCOC. The Morgan fingerprint density at radius 1 is 0.523 bits per heavy atom. The summed E-state index contributed by atoms with van der Waals surface area (Å²) in [5.74, 6) is -0.929. The molecule has 0 unspecified atom stereocenters. The summed E-state index contributed by atoms with van der Waals surface area (Å²) in [6, 6.07) is -0.615. The summed E-state index contributed by atoms with van der Waals surface area (Å²) in [6.07, 6.45) is 27.5. The van der Waals surface area contributed by atoms with Crippen molar-refractivity contribution < 1.29 is 33.3 Å². The van der Waals surface area contributed by atoms with Gasteiger partial charge in [0.1, 0.15) is 19.8 Å². The molecule has 0 heterocycles. The van der Waals surface area contributed by atoms with Crippen LogP contribution in [0, 0.1) is 0 Å². The van der Waals surface area contributed by atoms with Gasteiger partial charge in [-0.1, -0.05) is 142 Å². The number of ether oxygens (including phenoxy) is 4. The second-order valence-corrected chi connectivity index (χ2v) is 12.2. The number of methoxy groups -OCH3 is 1. The molecule has 0 aromatic carbocycles. The minimum absolute atomic E-state index is 0.0353. The zero-order valence-electron chi connectivity index (χ0n) is 28.9. The van der Waals surface area contributed by atoms with Crippen LogP contribution in [0.2, 0.25) is 0 Å². The first-order valence-electron chi connectivity index (χ1n) is 18.2. The van der Waals surface area contributed by atoms with Crippen molar-refractivity contribution in [3.05, 3.63) is 0 Å². The van der Waals surface area contributed by atoms with Crippen molar-refractivity contribution in [3.63, 3.8) is 0 Å². The van der Waals surface area contributed by atoms with Crippen molar-refractivity contribution in [2.45, 2.75) is 174 Å². The lowest BCUT2D eigenvalue weighted by Gasteiger charge is -2.19. The Hall–Kier alpha value is -1.67. The number of carbonyl (C=O) groups is 3. The van der Waals surface area contributed by atoms with Gasteiger partial charge in [0.15, 0.2) is 0 Å². The highest BCUT2D eigenvalue weighted by molar-refractivity contribution is 5.77. The number of hydrogen-bond donors (Lipinski definition) is 1. The largest absolute Gasteiger partial charge is 0.463 e. The first kappa shape index (κ1) is 42.3.